The van der Waals surface area contributed by atoms with E-state index in [-0.39, 0.29) is 17.5 Å². The van der Waals surface area contributed by atoms with Crippen LogP contribution in [0, 0.1) is 0 Å². The molecule has 0 radical (unpaired) electrons. The van der Waals surface area contributed by atoms with Crippen LogP contribution >= 0.6 is 0 Å². The van der Waals surface area contributed by atoms with Crippen molar-refractivity contribution >= 4 is 18.0 Å². The van der Waals surface area contributed by atoms with Crippen LogP contribution in [-0.2, 0) is 14.3 Å². The monoisotopic (exact) mass is 395 g/mol. The molecule has 28 heavy (non-hydrogen) atoms. The predicted molar refractivity (Wildman–Crippen MR) is 94.9 cm³/mol. The van der Waals surface area contributed by atoms with Crippen LogP contribution in [0.5, 0.6) is 11.5 Å². The number of benzene rings is 1. The van der Waals surface area contributed by atoms with Crippen LogP contribution in [0.4, 0.5) is 8.78 Å². The fraction of sp³-hybridized carbons (Fsp3) is 0.263. The summed E-state index contributed by atoms with van der Waals surface area (Å²) in [7, 11) is 1.30. The van der Waals surface area contributed by atoms with Gasteiger partial charge in [-0.1, -0.05) is 6.07 Å². The average Bonchev–Trinajstić information content (AvgIpc) is 3.20. The zero-order chi connectivity index (χ0) is 20.5. The number of alkyl halides is 2. The Morgan fingerprint density at radius 1 is 1.25 bits per heavy atom. The molecular weight excluding hydrogens is 376 g/mol. The maximum atomic E-state index is 12.3. The van der Waals surface area contributed by atoms with Gasteiger partial charge in [-0.05, 0) is 42.8 Å². The summed E-state index contributed by atoms with van der Waals surface area (Å²) in [5.74, 6) is -0.692. The van der Waals surface area contributed by atoms with Crippen molar-refractivity contribution in [2.45, 2.75) is 19.6 Å². The van der Waals surface area contributed by atoms with E-state index >= 15 is 0 Å². The Hall–Kier alpha value is -3.36. The summed E-state index contributed by atoms with van der Waals surface area (Å²) in [6.45, 7) is -1.71. The molecule has 0 bridgehead atoms. The van der Waals surface area contributed by atoms with E-state index in [4.69, 9.17) is 13.9 Å². The SMILES string of the molecule is COc1cc(/C=C/C(=O)OCC(=O)N[C@H](C)c2ccco2)ccc1OC(F)F. The average molecular weight is 395 g/mol. The lowest BCUT2D eigenvalue weighted by Gasteiger charge is -2.11. The number of furan rings is 1. The first-order valence-electron chi connectivity index (χ1n) is 8.19. The molecule has 0 saturated heterocycles. The zero-order valence-electron chi connectivity index (χ0n) is 15.2. The maximum absolute atomic E-state index is 12.3. The third-order valence-electron chi connectivity index (χ3n) is 3.51. The number of amides is 1. The first-order valence-corrected chi connectivity index (χ1v) is 8.19. The van der Waals surface area contributed by atoms with Crippen LogP contribution in [-0.4, -0.2) is 32.2 Å². The molecule has 1 atom stereocenters. The summed E-state index contributed by atoms with van der Waals surface area (Å²) in [4.78, 5) is 23.5. The van der Waals surface area contributed by atoms with Crippen LogP contribution in [0.2, 0.25) is 0 Å². The predicted octanol–water partition coefficient (Wildman–Crippen LogP) is 3.32. The first-order chi connectivity index (χ1) is 13.4. The molecule has 0 aliphatic carbocycles. The topological polar surface area (TPSA) is 87.0 Å². The lowest BCUT2D eigenvalue weighted by molar-refractivity contribution is -0.144. The standard InChI is InChI=1S/C19H19F2NO6/c1-12(14-4-3-9-26-14)22-17(23)11-27-18(24)8-6-13-5-7-15(28-19(20)21)16(10-13)25-2/h3-10,12,19H,11H2,1-2H3,(H,22,23)/b8-6+/t12-/m1/s1. The molecule has 0 aliphatic heterocycles. The summed E-state index contributed by atoms with van der Waals surface area (Å²) in [6, 6.07) is 7.22. The number of carbonyl (C=O) groups is 2. The van der Waals surface area contributed by atoms with Crippen molar-refractivity contribution in [3.63, 3.8) is 0 Å². The second kappa shape index (κ2) is 10.1. The summed E-state index contributed by atoms with van der Waals surface area (Å²) >= 11 is 0. The van der Waals surface area contributed by atoms with Gasteiger partial charge in [0, 0.05) is 6.08 Å². The van der Waals surface area contributed by atoms with Gasteiger partial charge in [0.1, 0.15) is 5.76 Å². The molecule has 2 rings (SSSR count). The molecule has 1 heterocycles. The molecular formula is C19H19F2NO6. The van der Waals surface area contributed by atoms with Crippen molar-refractivity contribution in [1.29, 1.82) is 0 Å². The molecule has 150 valence electrons. The molecule has 0 spiro atoms. The van der Waals surface area contributed by atoms with Crippen LogP contribution in [0.1, 0.15) is 24.3 Å². The van der Waals surface area contributed by atoms with Gasteiger partial charge in [-0.3, -0.25) is 4.79 Å². The number of carbonyl (C=O) groups excluding carboxylic acids is 2. The minimum atomic E-state index is -2.98. The van der Waals surface area contributed by atoms with Gasteiger partial charge in [-0.25, -0.2) is 4.79 Å². The maximum Gasteiger partial charge on any atom is 0.387 e. The van der Waals surface area contributed by atoms with Crippen molar-refractivity contribution in [3.05, 3.63) is 54.0 Å². The molecule has 2 aromatic rings. The molecule has 0 fully saturated rings. The second-order valence-electron chi connectivity index (χ2n) is 5.53. The van der Waals surface area contributed by atoms with E-state index in [1.54, 1.807) is 19.1 Å². The molecule has 7 nitrogen and oxygen atoms in total. The lowest BCUT2D eigenvalue weighted by Crippen LogP contribution is -2.30. The number of esters is 1. The van der Waals surface area contributed by atoms with Crippen molar-refractivity contribution < 1.29 is 37.0 Å². The van der Waals surface area contributed by atoms with Crippen LogP contribution < -0.4 is 14.8 Å². The molecule has 1 aromatic heterocycles. The largest absolute Gasteiger partial charge is 0.493 e. The van der Waals surface area contributed by atoms with Gasteiger partial charge < -0.3 is 23.9 Å². The number of nitrogens with one attached hydrogen (secondary N) is 1. The summed E-state index contributed by atoms with van der Waals surface area (Å²) in [6.07, 6.45) is 3.98. The molecule has 1 amide bonds. The molecule has 0 unspecified atom stereocenters. The number of hydrogen-bond donors (Lipinski definition) is 1. The van der Waals surface area contributed by atoms with Crippen molar-refractivity contribution in [2.75, 3.05) is 13.7 Å². The van der Waals surface area contributed by atoms with Gasteiger partial charge in [-0.15, -0.1) is 0 Å². The second-order valence-corrected chi connectivity index (χ2v) is 5.53. The molecule has 0 aliphatic rings. The van der Waals surface area contributed by atoms with Crippen molar-refractivity contribution in [2.24, 2.45) is 0 Å². The van der Waals surface area contributed by atoms with Gasteiger partial charge in [0.25, 0.3) is 5.91 Å². The Bertz CT molecular complexity index is 820. The lowest BCUT2D eigenvalue weighted by atomic mass is 10.2. The van der Waals surface area contributed by atoms with Crippen LogP contribution in [0.15, 0.2) is 47.1 Å². The Morgan fingerprint density at radius 2 is 2.04 bits per heavy atom. The van der Waals surface area contributed by atoms with Crippen molar-refractivity contribution in [3.8, 4) is 11.5 Å². The van der Waals surface area contributed by atoms with E-state index in [0.29, 0.717) is 11.3 Å². The van der Waals surface area contributed by atoms with Crippen molar-refractivity contribution in [1.82, 2.24) is 5.32 Å². The smallest absolute Gasteiger partial charge is 0.387 e. The highest BCUT2D eigenvalue weighted by molar-refractivity contribution is 5.89. The minimum absolute atomic E-state index is 0.0853. The van der Waals surface area contributed by atoms with E-state index in [0.717, 1.165) is 6.08 Å². The Balaban J connectivity index is 1.85. The van der Waals surface area contributed by atoms with E-state index < -0.39 is 25.1 Å². The molecule has 0 saturated carbocycles. The van der Waals surface area contributed by atoms with E-state index in [1.807, 2.05) is 0 Å². The highest BCUT2D eigenvalue weighted by Gasteiger charge is 2.13. The third-order valence-corrected chi connectivity index (χ3v) is 3.51. The van der Waals surface area contributed by atoms with Crippen LogP contribution in [0.3, 0.4) is 0 Å². The molecule has 1 aromatic carbocycles. The third kappa shape index (κ3) is 6.42. The quantitative estimate of drug-likeness (QED) is 0.518. The fourth-order valence-corrected chi connectivity index (χ4v) is 2.22. The zero-order valence-corrected chi connectivity index (χ0v) is 15.2. The number of methoxy groups -OCH3 is 1. The number of rotatable bonds is 9. The Kier molecular flexibility index (Phi) is 7.55. The number of halogens is 2. The summed E-state index contributed by atoms with van der Waals surface area (Å²) in [5, 5.41) is 2.62. The van der Waals surface area contributed by atoms with Gasteiger partial charge in [-0.2, -0.15) is 8.78 Å². The fourth-order valence-electron chi connectivity index (χ4n) is 2.22. The normalized spacial score (nSPS) is 12.0. The highest BCUT2D eigenvalue weighted by atomic mass is 19.3. The van der Waals surface area contributed by atoms with E-state index in [2.05, 4.69) is 10.1 Å². The van der Waals surface area contributed by atoms with Crippen LogP contribution in [0.25, 0.3) is 6.08 Å². The van der Waals surface area contributed by atoms with E-state index in [9.17, 15) is 18.4 Å². The van der Waals surface area contributed by atoms with E-state index in [1.165, 1.54) is 37.6 Å². The first kappa shape index (κ1) is 20.9. The highest BCUT2D eigenvalue weighted by Crippen LogP contribution is 2.29. The summed E-state index contributed by atoms with van der Waals surface area (Å²) < 4.78 is 43.9. The molecule has 1 N–H and O–H groups in total. The molecule has 9 heteroatoms. The minimum Gasteiger partial charge on any atom is -0.493 e. The van der Waals surface area contributed by atoms with Gasteiger partial charge in [0.2, 0.25) is 0 Å². The number of hydrogen-bond acceptors (Lipinski definition) is 6. The van der Waals surface area contributed by atoms with Gasteiger partial charge >= 0.3 is 12.6 Å². The van der Waals surface area contributed by atoms with Gasteiger partial charge in [0.05, 0.1) is 19.4 Å². The Morgan fingerprint density at radius 3 is 2.68 bits per heavy atom. The Labute approximate surface area is 159 Å². The number of ether oxygens (including phenoxy) is 3. The van der Waals surface area contributed by atoms with Gasteiger partial charge in [0.15, 0.2) is 18.1 Å². The summed E-state index contributed by atoms with van der Waals surface area (Å²) in [5.41, 5.74) is 0.492.